The maximum Gasteiger partial charge on any atom is 0.498 e. The molecule has 4 aromatic carbocycles. The quantitative estimate of drug-likeness (QED) is 0.193. The van der Waals surface area contributed by atoms with Crippen LogP contribution in [0.5, 0.6) is 0 Å². The molecule has 0 aromatic heterocycles. The maximum atomic E-state index is 6.45. The third kappa shape index (κ3) is 2.77. The minimum absolute atomic E-state index is 0.106. The van der Waals surface area contributed by atoms with Gasteiger partial charge in [-0.2, -0.15) is 0 Å². The normalized spacial score (nSPS) is 23.3. The van der Waals surface area contributed by atoms with Gasteiger partial charge in [0.1, 0.15) is 5.60 Å². The van der Waals surface area contributed by atoms with Gasteiger partial charge in [-0.05, 0) is 63.8 Å². The Hall–Kier alpha value is -3.27. The van der Waals surface area contributed by atoms with E-state index < -0.39 is 23.7 Å². The molecule has 0 bridgehead atoms. The first-order valence-corrected chi connectivity index (χ1v) is 13.2. The van der Waals surface area contributed by atoms with Crippen molar-refractivity contribution in [3.63, 3.8) is 0 Å². The average molecular weight is 483 g/mol. The van der Waals surface area contributed by atoms with Crippen LogP contribution in [0.1, 0.15) is 68.0 Å². The zero-order valence-electron chi connectivity index (χ0n) is 22.3. The monoisotopic (exact) mass is 483 g/mol. The minimum atomic E-state index is -0.634. The van der Waals surface area contributed by atoms with E-state index in [1.807, 2.05) is 6.92 Å². The van der Waals surface area contributed by atoms with Crippen molar-refractivity contribution in [2.45, 2.75) is 56.7 Å². The molecule has 0 N–H and O–H groups in total. The van der Waals surface area contributed by atoms with Crippen molar-refractivity contribution in [1.29, 1.82) is 0 Å². The Morgan fingerprint density at radius 2 is 1.08 bits per heavy atom. The molecule has 1 fully saturated rings. The summed E-state index contributed by atoms with van der Waals surface area (Å²) in [5, 5.41) is 0. The number of hydrogen-bond acceptors (Lipinski definition) is 2. The summed E-state index contributed by atoms with van der Waals surface area (Å²) in [6, 6.07) is 33.7. The van der Waals surface area contributed by atoms with E-state index in [-0.39, 0.29) is 5.41 Å². The van der Waals surface area contributed by atoms with Crippen molar-refractivity contribution in [1.82, 2.24) is 0 Å². The van der Waals surface area contributed by atoms with Crippen molar-refractivity contribution >= 4 is 12.6 Å². The Balaban J connectivity index is 1.56. The highest BCUT2D eigenvalue weighted by molar-refractivity contribution is 6.62. The Kier molecular flexibility index (Phi) is 4.45. The summed E-state index contributed by atoms with van der Waals surface area (Å²) in [6.45, 7) is 15.1. The van der Waals surface area contributed by atoms with E-state index in [0.717, 1.165) is 5.46 Å². The Morgan fingerprint density at radius 1 is 0.568 bits per heavy atom. The first-order chi connectivity index (χ1) is 17.6. The zero-order chi connectivity index (χ0) is 25.8. The predicted octanol–water partition coefficient (Wildman–Crippen LogP) is 6.80. The van der Waals surface area contributed by atoms with Gasteiger partial charge in [-0.3, -0.25) is 0 Å². The Bertz CT molecular complexity index is 1510. The number of hydrogen-bond donors (Lipinski definition) is 0. The molecule has 3 aliphatic rings. The fourth-order valence-corrected chi connectivity index (χ4v) is 6.95. The Morgan fingerprint density at radius 3 is 1.65 bits per heavy atom. The first-order valence-electron chi connectivity index (χ1n) is 13.2. The fraction of sp³-hybridized carbons (Fsp3) is 0.265. The predicted molar refractivity (Wildman–Crippen MR) is 151 cm³/mol. The standard InChI is InChI=1S/C34H32BO2/c1-31(2)26-15-9-11-17-28(26)34(29-18-12-10-16-27(29)31)25-14-8-7-13-23(25)24-20-19-22(21-30(24)34)35-36-32(3,4)33(5,6)37-35/h7-21H,3H2,1-2,4-6H3/q+1. The topological polar surface area (TPSA) is 18.5 Å². The van der Waals surface area contributed by atoms with E-state index in [0.29, 0.717) is 0 Å². The third-order valence-corrected chi connectivity index (χ3v) is 9.39. The van der Waals surface area contributed by atoms with Gasteiger partial charge in [0.25, 0.3) is 0 Å². The second-order valence-corrected chi connectivity index (χ2v) is 12.1. The van der Waals surface area contributed by atoms with E-state index in [1.54, 1.807) is 0 Å². The molecule has 1 aliphatic heterocycles. The lowest BCUT2D eigenvalue weighted by Crippen LogP contribution is -2.42. The van der Waals surface area contributed by atoms with Crippen molar-refractivity contribution < 1.29 is 9.31 Å². The van der Waals surface area contributed by atoms with Crippen LogP contribution in [-0.4, -0.2) is 18.3 Å². The van der Waals surface area contributed by atoms with Crippen LogP contribution in [0.3, 0.4) is 0 Å². The van der Waals surface area contributed by atoms with E-state index in [1.165, 1.54) is 44.5 Å². The van der Waals surface area contributed by atoms with E-state index in [2.05, 4.69) is 126 Å². The highest BCUT2D eigenvalue weighted by Gasteiger charge is 2.58. The van der Waals surface area contributed by atoms with Gasteiger partial charge in [-0.15, -0.1) is 0 Å². The van der Waals surface area contributed by atoms with Crippen LogP contribution in [0, 0.1) is 6.92 Å². The van der Waals surface area contributed by atoms with Crippen LogP contribution in [0.25, 0.3) is 11.1 Å². The molecule has 2 aliphatic carbocycles. The molecule has 1 saturated heterocycles. The fourth-order valence-electron chi connectivity index (χ4n) is 6.95. The van der Waals surface area contributed by atoms with Crippen LogP contribution in [0.2, 0.25) is 0 Å². The molecule has 0 saturated carbocycles. The molecule has 2 nitrogen and oxygen atoms in total. The molecule has 0 radical (unpaired) electrons. The van der Waals surface area contributed by atoms with Crippen molar-refractivity contribution in [3.05, 3.63) is 131 Å². The summed E-state index contributed by atoms with van der Waals surface area (Å²) in [7, 11) is -0.464. The highest BCUT2D eigenvalue weighted by Crippen LogP contribution is 2.61. The van der Waals surface area contributed by atoms with Gasteiger partial charge in [0, 0.05) is 12.3 Å². The largest absolute Gasteiger partial charge is 0.498 e. The molecule has 1 unspecified atom stereocenters. The summed E-state index contributed by atoms with van der Waals surface area (Å²) in [5.41, 5.74) is 10.1. The molecule has 0 amide bonds. The van der Waals surface area contributed by atoms with E-state index in [4.69, 9.17) is 9.31 Å². The lowest BCUT2D eigenvalue weighted by Gasteiger charge is -2.46. The zero-order valence-corrected chi connectivity index (χ0v) is 22.3. The smallest absolute Gasteiger partial charge is 0.395 e. The van der Waals surface area contributed by atoms with Gasteiger partial charge in [-0.25, -0.2) is 0 Å². The molecule has 7 rings (SSSR count). The van der Waals surface area contributed by atoms with Gasteiger partial charge in [-0.1, -0.05) is 105 Å². The summed E-state index contributed by atoms with van der Waals surface area (Å²) < 4.78 is 12.9. The molecule has 1 atom stereocenters. The maximum absolute atomic E-state index is 6.45. The van der Waals surface area contributed by atoms with Crippen molar-refractivity contribution in [3.8, 4) is 11.1 Å². The van der Waals surface area contributed by atoms with Crippen LogP contribution in [0.4, 0.5) is 0 Å². The third-order valence-electron chi connectivity index (χ3n) is 9.39. The van der Waals surface area contributed by atoms with Gasteiger partial charge < -0.3 is 9.31 Å². The van der Waals surface area contributed by atoms with E-state index >= 15 is 0 Å². The van der Waals surface area contributed by atoms with Gasteiger partial charge in [0.15, 0.2) is 0 Å². The second-order valence-electron chi connectivity index (χ2n) is 12.1. The molecule has 1 heterocycles. The molecule has 3 heteroatoms. The second kappa shape index (κ2) is 7.19. The SMILES string of the molecule is [CH2+]C1(C)OB(c2ccc3c(c2)C2(c4ccccc4-3)c3ccccc3C(C)(C)c3ccccc32)OC1(C)C. The summed E-state index contributed by atoms with van der Waals surface area (Å²) in [4.78, 5) is 0. The molecule has 37 heavy (non-hydrogen) atoms. The molecule has 1 spiro atoms. The minimum Gasteiger partial charge on any atom is -0.395 e. The molecular weight excluding hydrogens is 451 g/mol. The molecular formula is C34H32BO2+. The lowest BCUT2D eigenvalue weighted by atomic mass is 9.55. The molecule has 182 valence electrons. The van der Waals surface area contributed by atoms with E-state index in [9.17, 15) is 0 Å². The molecule has 4 aromatic rings. The van der Waals surface area contributed by atoms with Gasteiger partial charge in [0.05, 0.1) is 12.3 Å². The number of benzene rings is 4. The van der Waals surface area contributed by atoms with Crippen LogP contribution >= 0.6 is 0 Å². The van der Waals surface area contributed by atoms with Crippen molar-refractivity contribution in [2.75, 3.05) is 0 Å². The average Bonchev–Trinajstić information content (AvgIpc) is 3.30. The summed E-state index contributed by atoms with van der Waals surface area (Å²) in [6.07, 6.45) is 0. The number of fused-ring (bicyclic) bond motifs is 9. The Labute approximate surface area is 220 Å². The highest BCUT2D eigenvalue weighted by atomic mass is 16.7. The van der Waals surface area contributed by atoms with Crippen LogP contribution in [0.15, 0.2) is 91.0 Å². The first kappa shape index (κ1) is 22.9. The summed E-state index contributed by atoms with van der Waals surface area (Å²) in [5.74, 6) is 0. The number of rotatable bonds is 1. The van der Waals surface area contributed by atoms with Crippen molar-refractivity contribution in [2.24, 2.45) is 0 Å². The van der Waals surface area contributed by atoms with Gasteiger partial charge >= 0.3 is 7.12 Å². The lowest BCUT2D eigenvalue weighted by molar-refractivity contribution is 0.0262. The van der Waals surface area contributed by atoms with Crippen LogP contribution < -0.4 is 5.46 Å². The van der Waals surface area contributed by atoms with Gasteiger partial charge in [0.2, 0.25) is 5.60 Å². The summed E-state index contributed by atoms with van der Waals surface area (Å²) >= 11 is 0. The van der Waals surface area contributed by atoms with Crippen LogP contribution in [-0.2, 0) is 20.1 Å².